The molecule has 2 aliphatic rings. The molecule has 3 aromatic rings. The van der Waals surface area contributed by atoms with E-state index in [0.29, 0.717) is 12.8 Å². The average molecular weight is 515 g/mol. The molecule has 0 saturated carbocycles. The van der Waals surface area contributed by atoms with Crippen LogP contribution in [0, 0.1) is 0 Å². The molecule has 0 spiro atoms. The summed E-state index contributed by atoms with van der Waals surface area (Å²) in [6.45, 7) is 0.584. The number of aliphatic carboxylic acids is 1. The lowest BCUT2D eigenvalue weighted by Gasteiger charge is -2.38. The number of nitrogens with zero attached hydrogens (tertiary/aromatic N) is 1. The summed E-state index contributed by atoms with van der Waals surface area (Å²) in [5.74, 6) is -1.06. The van der Waals surface area contributed by atoms with Gasteiger partial charge in [0, 0.05) is 24.5 Å². The van der Waals surface area contributed by atoms with Gasteiger partial charge in [0.15, 0.2) is 0 Å². The fourth-order valence-corrected chi connectivity index (χ4v) is 5.43. The van der Waals surface area contributed by atoms with Crippen molar-refractivity contribution < 1.29 is 29.0 Å². The van der Waals surface area contributed by atoms with Crippen LogP contribution in [0.3, 0.4) is 0 Å². The Morgan fingerprint density at radius 1 is 0.868 bits per heavy atom. The smallest absolute Gasteiger partial charge is 0.410 e. The molecule has 196 valence electrons. The predicted octanol–water partition coefficient (Wildman–Crippen LogP) is 5.17. The van der Waals surface area contributed by atoms with Gasteiger partial charge in [0.05, 0.1) is 6.42 Å². The van der Waals surface area contributed by atoms with E-state index in [1.165, 1.54) is 4.90 Å². The highest BCUT2D eigenvalue weighted by atomic mass is 16.6. The van der Waals surface area contributed by atoms with Crippen LogP contribution >= 0.6 is 0 Å². The summed E-state index contributed by atoms with van der Waals surface area (Å²) in [6.07, 6.45) is -0.563. The lowest BCUT2D eigenvalue weighted by Crippen LogP contribution is -2.52. The molecule has 0 bridgehead atoms. The van der Waals surface area contributed by atoms with Crippen molar-refractivity contribution in [1.29, 1.82) is 0 Å². The molecule has 3 aromatic carbocycles. The molecule has 1 aliphatic carbocycles. The number of carbonyl (C=O) groups is 3. The van der Waals surface area contributed by atoms with E-state index in [4.69, 9.17) is 9.47 Å². The second kappa shape index (κ2) is 11.4. The first kappa shape index (κ1) is 25.3. The van der Waals surface area contributed by atoms with Gasteiger partial charge < -0.3 is 24.8 Å². The molecule has 0 aromatic heterocycles. The molecule has 2 N–H and O–H groups in total. The van der Waals surface area contributed by atoms with Crippen molar-refractivity contribution in [3.8, 4) is 11.1 Å². The molecule has 1 heterocycles. The SMILES string of the molecule is O=C(O)CC1CC(NC(=O)OCC2c3ccccc3-c3ccccc32)CCN1C(=O)OCc1ccccc1. The van der Waals surface area contributed by atoms with Gasteiger partial charge >= 0.3 is 18.2 Å². The monoisotopic (exact) mass is 514 g/mol. The summed E-state index contributed by atoms with van der Waals surface area (Å²) in [4.78, 5) is 38.4. The van der Waals surface area contributed by atoms with E-state index >= 15 is 0 Å². The molecule has 8 nitrogen and oxygen atoms in total. The van der Waals surface area contributed by atoms with Crippen molar-refractivity contribution in [2.45, 2.75) is 43.9 Å². The van der Waals surface area contributed by atoms with Gasteiger partial charge in [-0.3, -0.25) is 4.79 Å². The van der Waals surface area contributed by atoms with Gasteiger partial charge in [0.25, 0.3) is 0 Å². The van der Waals surface area contributed by atoms with Crippen LogP contribution in [0.5, 0.6) is 0 Å². The van der Waals surface area contributed by atoms with Crippen molar-refractivity contribution in [2.75, 3.05) is 13.2 Å². The van der Waals surface area contributed by atoms with E-state index in [-0.39, 0.29) is 38.1 Å². The van der Waals surface area contributed by atoms with Crippen molar-refractivity contribution >= 4 is 18.2 Å². The molecule has 38 heavy (non-hydrogen) atoms. The number of likely N-dealkylation sites (tertiary alicyclic amines) is 1. The Kier molecular flexibility index (Phi) is 7.58. The molecule has 2 unspecified atom stereocenters. The number of benzene rings is 3. The number of carboxylic acids is 1. The molecule has 5 rings (SSSR count). The second-order valence-corrected chi connectivity index (χ2v) is 9.68. The van der Waals surface area contributed by atoms with Crippen LogP contribution in [0.2, 0.25) is 0 Å². The number of amides is 2. The van der Waals surface area contributed by atoms with E-state index in [0.717, 1.165) is 27.8 Å². The van der Waals surface area contributed by atoms with Gasteiger partial charge in [-0.1, -0.05) is 78.9 Å². The first-order chi connectivity index (χ1) is 18.5. The fourth-order valence-electron chi connectivity index (χ4n) is 5.43. The van der Waals surface area contributed by atoms with Crippen molar-refractivity contribution in [3.05, 3.63) is 95.6 Å². The number of carboxylic acid groups (broad SMARTS) is 1. The molecular formula is C30H30N2O6. The maximum absolute atomic E-state index is 12.7. The van der Waals surface area contributed by atoms with Crippen molar-refractivity contribution in [3.63, 3.8) is 0 Å². The summed E-state index contributed by atoms with van der Waals surface area (Å²) >= 11 is 0. The molecule has 1 saturated heterocycles. The standard InChI is InChI=1S/C30H30N2O6/c33-28(34)17-22-16-21(14-15-32(22)30(36)38-18-20-8-2-1-3-9-20)31-29(35)37-19-27-25-12-6-4-10-23(25)24-11-5-7-13-26(24)27/h1-13,21-22,27H,14-19H2,(H,31,35)(H,33,34). The Morgan fingerprint density at radius 3 is 2.16 bits per heavy atom. The highest BCUT2D eigenvalue weighted by Crippen LogP contribution is 2.44. The van der Waals surface area contributed by atoms with Crippen molar-refractivity contribution in [2.24, 2.45) is 0 Å². The van der Waals surface area contributed by atoms with Gasteiger partial charge in [0.1, 0.15) is 13.2 Å². The minimum absolute atomic E-state index is 0.0471. The highest BCUT2D eigenvalue weighted by Gasteiger charge is 2.35. The van der Waals surface area contributed by atoms with Crippen LogP contribution in [-0.4, -0.2) is 53.4 Å². The van der Waals surface area contributed by atoms with E-state index < -0.39 is 24.2 Å². The minimum atomic E-state index is -1.02. The Morgan fingerprint density at radius 2 is 1.50 bits per heavy atom. The normalized spacial score (nSPS) is 18.3. The first-order valence-corrected chi connectivity index (χ1v) is 12.8. The van der Waals surface area contributed by atoms with E-state index in [9.17, 15) is 19.5 Å². The summed E-state index contributed by atoms with van der Waals surface area (Å²) < 4.78 is 11.1. The zero-order valence-corrected chi connectivity index (χ0v) is 20.9. The lowest BCUT2D eigenvalue weighted by molar-refractivity contribution is -0.138. The third-order valence-corrected chi connectivity index (χ3v) is 7.23. The predicted molar refractivity (Wildman–Crippen MR) is 141 cm³/mol. The van der Waals surface area contributed by atoms with Crippen molar-refractivity contribution in [1.82, 2.24) is 10.2 Å². The van der Waals surface area contributed by atoms with Gasteiger partial charge in [-0.05, 0) is 40.7 Å². The molecular weight excluding hydrogens is 484 g/mol. The molecule has 1 aliphatic heterocycles. The Labute approximate surface area is 221 Å². The summed E-state index contributed by atoms with van der Waals surface area (Å²) in [5, 5.41) is 12.3. The number of hydrogen-bond donors (Lipinski definition) is 2. The van der Waals surface area contributed by atoms with Gasteiger partial charge in [0.2, 0.25) is 0 Å². The summed E-state index contributed by atoms with van der Waals surface area (Å²) in [5.41, 5.74) is 5.42. The number of ether oxygens (including phenoxy) is 2. The number of alkyl carbamates (subject to hydrolysis) is 1. The molecule has 2 amide bonds. The lowest BCUT2D eigenvalue weighted by atomic mass is 9.95. The van der Waals surface area contributed by atoms with Crippen LogP contribution in [0.4, 0.5) is 9.59 Å². The van der Waals surface area contributed by atoms with E-state index in [2.05, 4.69) is 29.6 Å². The van der Waals surface area contributed by atoms with E-state index in [1.54, 1.807) is 0 Å². The fraction of sp³-hybridized carbons (Fsp3) is 0.300. The van der Waals surface area contributed by atoms with Crippen LogP contribution < -0.4 is 5.32 Å². The number of nitrogens with one attached hydrogen (secondary N) is 1. The highest BCUT2D eigenvalue weighted by molar-refractivity contribution is 5.79. The Bertz CT molecular complexity index is 1270. The van der Waals surface area contributed by atoms with Crippen LogP contribution in [0.25, 0.3) is 11.1 Å². The number of rotatable bonds is 7. The topological polar surface area (TPSA) is 105 Å². The number of carbonyl (C=O) groups excluding carboxylic acids is 2. The quantitative estimate of drug-likeness (QED) is 0.451. The van der Waals surface area contributed by atoms with Gasteiger partial charge in [-0.25, -0.2) is 9.59 Å². The maximum Gasteiger partial charge on any atom is 0.410 e. The van der Waals surface area contributed by atoms with Crippen LogP contribution in [-0.2, 0) is 20.9 Å². The van der Waals surface area contributed by atoms with Crippen LogP contribution in [0.1, 0.15) is 41.9 Å². The zero-order valence-electron chi connectivity index (χ0n) is 20.9. The first-order valence-electron chi connectivity index (χ1n) is 12.8. The molecule has 2 atom stereocenters. The van der Waals surface area contributed by atoms with Crippen LogP contribution in [0.15, 0.2) is 78.9 Å². The average Bonchev–Trinajstić information content (AvgIpc) is 3.24. The Hall–Kier alpha value is -4.33. The molecule has 1 fully saturated rings. The summed E-state index contributed by atoms with van der Waals surface area (Å²) in [6, 6.07) is 24.6. The number of fused-ring (bicyclic) bond motifs is 3. The number of piperidine rings is 1. The minimum Gasteiger partial charge on any atom is -0.481 e. The van der Waals surface area contributed by atoms with Gasteiger partial charge in [-0.15, -0.1) is 0 Å². The zero-order chi connectivity index (χ0) is 26.5. The second-order valence-electron chi connectivity index (χ2n) is 9.68. The Balaban J connectivity index is 1.17. The summed E-state index contributed by atoms with van der Waals surface area (Å²) in [7, 11) is 0. The number of hydrogen-bond acceptors (Lipinski definition) is 5. The molecule has 8 heteroatoms. The molecule has 0 radical (unpaired) electrons. The third-order valence-electron chi connectivity index (χ3n) is 7.23. The van der Waals surface area contributed by atoms with E-state index in [1.807, 2.05) is 54.6 Å². The largest absolute Gasteiger partial charge is 0.481 e. The maximum atomic E-state index is 12.7. The van der Waals surface area contributed by atoms with Gasteiger partial charge in [-0.2, -0.15) is 0 Å². The third kappa shape index (κ3) is 5.64.